The molecule has 132 valence electrons. The van der Waals surface area contributed by atoms with E-state index >= 15 is 0 Å². The highest BCUT2D eigenvalue weighted by molar-refractivity contribution is 9.10. The second-order valence-electron chi connectivity index (χ2n) is 5.04. The normalized spacial score (nSPS) is 14.2. The fourth-order valence-electron chi connectivity index (χ4n) is 2.02. The highest BCUT2D eigenvalue weighted by Crippen LogP contribution is 2.30. The number of halogens is 4. The van der Waals surface area contributed by atoms with Crippen LogP contribution >= 0.6 is 15.9 Å². The van der Waals surface area contributed by atoms with Crippen molar-refractivity contribution < 1.29 is 27.5 Å². The molecular formula is C16H17BrF3NO3. The van der Waals surface area contributed by atoms with Crippen molar-refractivity contribution in [1.82, 2.24) is 5.32 Å². The maximum atomic E-state index is 12.6. The Labute approximate surface area is 146 Å². The van der Waals surface area contributed by atoms with Crippen LogP contribution in [-0.2, 0) is 14.3 Å². The van der Waals surface area contributed by atoms with E-state index < -0.39 is 30.0 Å². The summed E-state index contributed by atoms with van der Waals surface area (Å²) in [5, 5.41) is 2.00. The van der Waals surface area contributed by atoms with Crippen LogP contribution in [0.2, 0.25) is 0 Å². The van der Waals surface area contributed by atoms with E-state index in [1.54, 1.807) is 37.3 Å². The molecular weight excluding hydrogens is 391 g/mol. The van der Waals surface area contributed by atoms with Crippen LogP contribution in [0.15, 0.2) is 40.9 Å². The van der Waals surface area contributed by atoms with Gasteiger partial charge in [0.25, 0.3) is 0 Å². The first-order chi connectivity index (χ1) is 11.2. The SMILES string of the molecule is COC(=O)C/C=C/[C@H](C)[C@@H](NC(=O)C(F)(F)F)c1ccccc1Br. The van der Waals surface area contributed by atoms with E-state index in [2.05, 4.69) is 20.7 Å². The predicted octanol–water partition coefficient (Wildman–Crippen LogP) is 3.92. The molecule has 4 nitrogen and oxygen atoms in total. The minimum absolute atomic E-state index is 0.00324. The lowest BCUT2D eigenvalue weighted by molar-refractivity contribution is -0.174. The second kappa shape index (κ2) is 8.86. The van der Waals surface area contributed by atoms with Gasteiger partial charge in [-0.15, -0.1) is 0 Å². The minimum atomic E-state index is -4.98. The molecule has 0 aromatic heterocycles. The van der Waals surface area contributed by atoms with Crippen molar-refractivity contribution in [2.45, 2.75) is 25.6 Å². The standard InChI is InChI=1S/C16H17BrF3NO3/c1-10(6-5-9-13(22)24-2)14(21-15(23)16(18,19)20)11-7-3-4-8-12(11)17/h3-8,10,14H,9H2,1-2H3,(H,21,23)/b6-5+/t10-,14+/m0/s1. The van der Waals surface area contributed by atoms with E-state index in [4.69, 9.17) is 0 Å². The molecule has 0 unspecified atom stereocenters. The Kier molecular flexibility index (Phi) is 7.47. The molecule has 1 aromatic carbocycles. The van der Waals surface area contributed by atoms with Crippen LogP contribution in [0.4, 0.5) is 13.2 Å². The lowest BCUT2D eigenvalue weighted by Crippen LogP contribution is -2.41. The second-order valence-corrected chi connectivity index (χ2v) is 5.89. The molecule has 0 saturated carbocycles. The molecule has 1 N–H and O–H groups in total. The number of carbonyl (C=O) groups is 2. The van der Waals surface area contributed by atoms with Crippen LogP contribution in [0, 0.1) is 5.92 Å². The summed E-state index contributed by atoms with van der Waals surface area (Å²) < 4.78 is 42.8. The summed E-state index contributed by atoms with van der Waals surface area (Å²) in [4.78, 5) is 22.4. The van der Waals surface area contributed by atoms with Crippen molar-refractivity contribution in [2.75, 3.05) is 7.11 Å². The van der Waals surface area contributed by atoms with Gasteiger partial charge in [-0.3, -0.25) is 9.59 Å². The van der Waals surface area contributed by atoms with Crippen LogP contribution in [0.5, 0.6) is 0 Å². The summed E-state index contributed by atoms with van der Waals surface area (Å²) in [6, 6.07) is 5.76. The summed E-state index contributed by atoms with van der Waals surface area (Å²) in [6.07, 6.45) is -1.91. The molecule has 0 saturated heterocycles. The number of hydrogen-bond acceptors (Lipinski definition) is 3. The number of rotatable bonds is 6. The molecule has 0 aliphatic rings. The van der Waals surface area contributed by atoms with E-state index in [1.807, 2.05) is 5.32 Å². The maximum absolute atomic E-state index is 12.6. The number of carbonyl (C=O) groups excluding carboxylic acids is 2. The summed E-state index contributed by atoms with van der Waals surface area (Å²) in [6.45, 7) is 1.65. The van der Waals surface area contributed by atoms with Gasteiger partial charge < -0.3 is 10.1 Å². The molecule has 24 heavy (non-hydrogen) atoms. The molecule has 1 rings (SSSR count). The van der Waals surface area contributed by atoms with E-state index in [-0.39, 0.29) is 6.42 Å². The number of ether oxygens (including phenoxy) is 1. The zero-order chi connectivity index (χ0) is 18.3. The van der Waals surface area contributed by atoms with Gasteiger partial charge in [-0.2, -0.15) is 13.2 Å². The smallest absolute Gasteiger partial charge is 0.469 e. The van der Waals surface area contributed by atoms with Crippen LogP contribution < -0.4 is 5.32 Å². The van der Waals surface area contributed by atoms with Crippen molar-refractivity contribution in [3.8, 4) is 0 Å². The van der Waals surface area contributed by atoms with E-state index in [0.29, 0.717) is 10.0 Å². The third-order valence-electron chi connectivity index (χ3n) is 3.26. The van der Waals surface area contributed by atoms with Gasteiger partial charge >= 0.3 is 18.1 Å². The van der Waals surface area contributed by atoms with Gasteiger partial charge in [-0.25, -0.2) is 0 Å². The number of esters is 1. The largest absolute Gasteiger partial charge is 0.471 e. The quantitative estimate of drug-likeness (QED) is 0.574. The van der Waals surface area contributed by atoms with E-state index in [0.717, 1.165) is 0 Å². The Morgan fingerprint density at radius 2 is 1.96 bits per heavy atom. The number of alkyl halides is 3. The molecule has 2 atom stereocenters. The first kappa shape index (κ1) is 20.2. The maximum Gasteiger partial charge on any atom is 0.471 e. The highest BCUT2D eigenvalue weighted by Gasteiger charge is 2.40. The van der Waals surface area contributed by atoms with Crippen molar-refractivity contribution in [3.05, 3.63) is 46.5 Å². The van der Waals surface area contributed by atoms with Gasteiger partial charge in [0.05, 0.1) is 19.6 Å². The molecule has 0 aliphatic heterocycles. The molecule has 0 bridgehead atoms. The highest BCUT2D eigenvalue weighted by atomic mass is 79.9. The molecule has 1 amide bonds. The summed E-state index contributed by atoms with van der Waals surface area (Å²) in [5.74, 6) is -2.97. The Bertz CT molecular complexity index is 617. The fraction of sp³-hybridized carbons (Fsp3) is 0.375. The van der Waals surface area contributed by atoms with Gasteiger partial charge in [0, 0.05) is 4.47 Å². The number of benzene rings is 1. The van der Waals surface area contributed by atoms with Gasteiger partial charge in [-0.05, 0) is 17.5 Å². The molecule has 1 aromatic rings. The summed E-state index contributed by atoms with van der Waals surface area (Å²) in [7, 11) is 1.24. The van der Waals surface area contributed by atoms with Gasteiger partial charge in [0.15, 0.2) is 0 Å². The van der Waals surface area contributed by atoms with Crippen LogP contribution in [0.3, 0.4) is 0 Å². The molecule has 0 spiro atoms. The summed E-state index contributed by atoms with van der Waals surface area (Å²) >= 11 is 3.28. The average Bonchev–Trinajstić information content (AvgIpc) is 2.51. The number of nitrogens with one attached hydrogen (secondary N) is 1. The Morgan fingerprint density at radius 3 is 2.50 bits per heavy atom. The van der Waals surface area contributed by atoms with Crippen molar-refractivity contribution >= 4 is 27.8 Å². The van der Waals surface area contributed by atoms with Crippen molar-refractivity contribution in [3.63, 3.8) is 0 Å². The van der Waals surface area contributed by atoms with Crippen LogP contribution in [-0.4, -0.2) is 25.2 Å². The van der Waals surface area contributed by atoms with Crippen molar-refractivity contribution in [2.24, 2.45) is 5.92 Å². The first-order valence-electron chi connectivity index (χ1n) is 7.02. The van der Waals surface area contributed by atoms with Crippen molar-refractivity contribution in [1.29, 1.82) is 0 Å². The lowest BCUT2D eigenvalue weighted by Gasteiger charge is -2.25. The Hall–Kier alpha value is -1.83. The number of hydrogen-bond donors (Lipinski definition) is 1. The first-order valence-corrected chi connectivity index (χ1v) is 7.81. The number of amides is 1. The predicted molar refractivity (Wildman–Crippen MR) is 86.0 cm³/mol. The topological polar surface area (TPSA) is 55.4 Å². The fourth-order valence-corrected chi connectivity index (χ4v) is 2.55. The zero-order valence-corrected chi connectivity index (χ0v) is 14.6. The minimum Gasteiger partial charge on any atom is -0.469 e. The van der Waals surface area contributed by atoms with Crippen LogP contribution in [0.1, 0.15) is 24.9 Å². The zero-order valence-electron chi connectivity index (χ0n) is 13.1. The molecule has 0 aliphatic carbocycles. The molecule has 8 heteroatoms. The lowest BCUT2D eigenvalue weighted by atomic mass is 9.93. The van der Waals surface area contributed by atoms with E-state index in [1.165, 1.54) is 13.2 Å². The molecule has 0 radical (unpaired) electrons. The van der Waals surface area contributed by atoms with Gasteiger partial charge in [0.1, 0.15) is 0 Å². The Balaban J connectivity index is 3.03. The Morgan fingerprint density at radius 1 is 1.33 bits per heavy atom. The van der Waals surface area contributed by atoms with Gasteiger partial charge in [0.2, 0.25) is 0 Å². The third kappa shape index (κ3) is 5.99. The molecule has 0 fully saturated rings. The number of methoxy groups -OCH3 is 1. The molecule has 0 heterocycles. The monoisotopic (exact) mass is 407 g/mol. The van der Waals surface area contributed by atoms with Crippen LogP contribution in [0.25, 0.3) is 0 Å². The van der Waals surface area contributed by atoms with E-state index in [9.17, 15) is 22.8 Å². The van der Waals surface area contributed by atoms with Gasteiger partial charge in [-0.1, -0.05) is 53.2 Å². The third-order valence-corrected chi connectivity index (χ3v) is 3.98. The summed E-state index contributed by atoms with van der Waals surface area (Å²) in [5.41, 5.74) is 0.505. The average molecular weight is 408 g/mol.